The van der Waals surface area contributed by atoms with Crippen LogP contribution >= 0.6 is 23.1 Å². The summed E-state index contributed by atoms with van der Waals surface area (Å²) in [5, 5.41) is 25.5. The quantitative estimate of drug-likeness (QED) is 0.374. The number of amides is 1. The molecule has 0 atom stereocenters. The number of nitrogens with one attached hydrogen (secondary N) is 1. The van der Waals surface area contributed by atoms with Crippen LogP contribution in [0.1, 0.15) is 23.2 Å². The Balaban J connectivity index is 1.52. The highest BCUT2D eigenvalue weighted by Gasteiger charge is 2.21. The zero-order valence-electron chi connectivity index (χ0n) is 17.6. The number of hydrogen-bond acceptors (Lipinski definition) is 8. The van der Waals surface area contributed by atoms with Gasteiger partial charge in [0, 0.05) is 33.7 Å². The molecule has 4 rings (SSSR count). The van der Waals surface area contributed by atoms with Crippen LogP contribution in [0.4, 0.5) is 11.5 Å². The number of nitrogens with two attached hydrogens (primary N) is 1. The molecule has 162 valence electrons. The average Bonchev–Trinajstić information content (AvgIpc) is 3.33. The fourth-order valence-electron chi connectivity index (χ4n) is 3.43. The summed E-state index contributed by atoms with van der Waals surface area (Å²) in [5.74, 6) is 0.313. The molecule has 0 aliphatic heterocycles. The number of aromatic nitrogens is 2. The van der Waals surface area contributed by atoms with Gasteiger partial charge >= 0.3 is 0 Å². The van der Waals surface area contributed by atoms with Crippen molar-refractivity contribution in [1.29, 1.82) is 10.5 Å². The minimum atomic E-state index is -0.156. The predicted molar refractivity (Wildman–Crippen MR) is 132 cm³/mol. The lowest BCUT2D eigenvalue weighted by atomic mass is 10.0. The molecule has 0 saturated carbocycles. The van der Waals surface area contributed by atoms with Crippen LogP contribution in [-0.4, -0.2) is 21.6 Å². The first kappa shape index (κ1) is 22.3. The predicted octanol–water partition coefficient (Wildman–Crippen LogP) is 5.11. The molecule has 33 heavy (non-hydrogen) atoms. The van der Waals surface area contributed by atoms with Gasteiger partial charge in [-0.05, 0) is 30.5 Å². The zero-order chi connectivity index (χ0) is 23.4. The van der Waals surface area contributed by atoms with Gasteiger partial charge in [-0.2, -0.15) is 10.5 Å². The second kappa shape index (κ2) is 9.70. The lowest BCUT2D eigenvalue weighted by Crippen LogP contribution is -2.13. The summed E-state index contributed by atoms with van der Waals surface area (Å²) in [6, 6.07) is 17.4. The van der Waals surface area contributed by atoms with E-state index in [9.17, 15) is 15.3 Å². The molecule has 3 heterocycles. The van der Waals surface area contributed by atoms with Crippen molar-refractivity contribution >= 4 is 51.4 Å². The van der Waals surface area contributed by atoms with Crippen molar-refractivity contribution < 1.29 is 4.79 Å². The number of carbonyl (C=O) groups excluding carboxylic acids is 1. The summed E-state index contributed by atoms with van der Waals surface area (Å²) in [7, 11) is 0. The number of pyridine rings is 2. The fraction of sp³-hybridized carbons (Fsp3) is 0.125. The van der Waals surface area contributed by atoms with Gasteiger partial charge in [-0.15, -0.1) is 23.1 Å². The molecule has 7 nitrogen and oxygen atoms in total. The van der Waals surface area contributed by atoms with Crippen molar-refractivity contribution in [3.8, 4) is 22.6 Å². The summed E-state index contributed by atoms with van der Waals surface area (Å²) in [5.41, 5.74) is 9.35. The molecule has 1 aromatic carbocycles. The molecule has 0 bridgehead atoms. The van der Waals surface area contributed by atoms with Crippen LogP contribution in [0.15, 0.2) is 52.9 Å². The molecule has 0 radical (unpaired) electrons. The minimum absolute atomic E-state index is 0.0746. The zero-order valence-corrected chi connectivity index (χ0v) is 19.3. The van der Waals surface area contributed by atoms with E-state index in [-0.39, 0.29) is 23.7 Å². The van der Waals surface area contributed by atoms with Gasteiger partial charge in [-0.3, -0.25) is 9.78 Å². The smallest absolute Gasteiger partial charge is 0.225 e. The lowest BCUT2D eigenvalue weighted by Gasteiger charge is -2.12. The Bertz CT molecular complexity index is 1430. The first-order valence-electron chi connectivity index (χ1n) is 9.98. The molecule has 3 aromatic heterocycles. The summed E-state index contributed by atoms with van der Waals surface area (Å²) in [6.45, 7) is 1.88. The van der Waals surface area contributed by atoms with Crippen LogP contribution in [0.2, 0.25) is 0 Å². The number of thioether (sulfide) groups is 1. The highest BCUT2D eigenvalue weighted by atomic mass is 32.2. The summed E-state index contributed by atoms with van der Waals surface area (Å²) in [6.07, 6.45) is 0.209. The van der Waals surface area contributed by atoms with Gasteiger partial charge in [-0.1, -0.05) is 24.3 Å². The molecule has 0 saturated heterocycles. The second-order valence-corrected chi connectivity index (χ2v) is 9.13. The van der Waals surface area contributed by atoms with Crippen LogP contribution in [0.25, 0.3) is 21.3 Å². The largest absolute Gasteiger partial charge is 0.383 e. The van der Waals surface area contributed by atoms with Gasteiger partial charge < -0.3 is 11.1 Å². The number of nitriles is 2. The van der Waals surface area contributed by atoms with Crippen molar-refractivity contribution in [3.05, 3.63) is 64.7 Å². The number of benzene rings is 1. The first-order chi connectivity index (χ1) is 16.0. The summed E-state index contributed by atoms with van der Waals surface area (Å²) >= 11 is 2.69. The van der Waals surface area contributed by atoms with Gasteiger partial charge in [0.2, 0.25) is 5.91 Å². The van der Waals surface area contributed by atoms with E-state index in [1.807, 2.05) is 54.8 Å². The summed E-state index contributed by atoms with van der Waals surface area (Å²) < 4.78 is 0. The van der Waals surface area contributed by atoms with Gasteiger partial charge in [0.1, 0.15) is 28.5 Å². The number of fused-ring (bicyclic) bond motifs is 1. The Labute approximate surface area is 198 Å². The highest BCUT2D eigenvalue weighted by molar-refractivity contribution is 7.99. The van der Waals surface area contributed by atoms with Crippen molar-refractivity contribution in [2.24, 2.45) is 0 Å². The van der Waals surface area contributed by atoms with Crippen LogP contribution in [0, 0.1) is 29.6 Å². The van der Waals surface area contributed by atoms with E-state index >= 15 is 0 Å². The Kier molecular flexibility index (Phi) is 6.55. The van der Waals surface area contributed by atoms with Crippen LogP contribution in [0.3, 0.4) is 0 Å². The van der Waals surface area contributed by atoms with Crippen LogP contribution in [-0.2, 0) is 4.79 Å². The molecule has 0 aliphatic carbocycles. The van der Waals surface area contributed by atoms with Crippen LogP contribution < -0.4 is 11.1 Å². The maximum atomic E-state index is 12.6. The van der Waals surface area contributed by atoms with Gasteiger partial charge in [0.15, 0.2) is 0 Å². The van der Waals surface area contributed by atoms with Gasteiger partial charge in [-0.25, -0.2) is 4.98 Å². The van der Waals surface area contributed by atoms with E-state index in [2.05, 4.69) is 27.4 Å². The lowest BCUT2D eigenvalue weighted by molar-refractivity contribution is -0.115. The Morgan fingerprint density at radius 1 is 1.15 bits per heavy atom. The molecule has 0 spiro atoms. The SMILES string of the molecule is Cc1cc(NC(=O)CCSc2nc(N)c(C#N)c(-c3cccs3)c2C#N)c2ccccc2n1. The van der Waals surface area contributed by atoms with Crippen molar-refractivity contribution in [3.63, 3.8) is 0 Å². The second-order valence-electron chi connectivity index (χ2n) is 7.10. The number of carbonyl (C=O) groups is 1. The first-order valence-corrected chi connectivity index (χ1v) is 11.8. The number of para-hydroxylation sites is 1. The summed E-state index contributed by atoms with van der Waals surface area (Å²) in [4.78, 5) is 22.2. The van der Waals surface area contributed by atoms with E-state index < -0.39 is 0 Å². The maximum absolute atomic E-state index is 12.6. The number of nitrogen functional groups attached to an aromatic ring is 1. The van der Waals surface area contributed by atoms with Gasteiger partial charge in [0.25, 0.3) is 0 Å². The van der Waals surface area contributed by atoms with E-state index in [0.717, 1.165) is 21.5 Å². The molecule has 9 heteroatoms. The topological polar surface area (TPSA) is 128 Å². The fourth-order valence-corrected chi connectivity index (χ4v) is 5.15. The highest BCUT2D eigenvalue weighted by Crippen LogP contribution is 2.37. The monoisotopic (exact) mass is 470 g/mol. The number of anilines is 2. The number of nitrogens with zero attached hydrogens (tertiary/aromatic N) is 4. The number of thiophene rings is 1. The molecular weight excluding hydrogens is 452 g/mol. The van der Waals surface area contributed by atoms with E-state index in [4.69, 9.17) is 5.73 Å². The number of hydrogen-bond donors (Lipinski definition) is 2. The minimum Gasteiger partial charge on any atom is -0.383 e. The standard InChI is InChI=1S/C24H18N6OS2/c1-14-11-19(15-5-2-3-6-18(15)28-14)29-21(31)8-10-33-24-17(13-26)22(20-7-4-9-32-20)16(12-25)23(27)30-24/h2-7,9,11H,8,10H2,1H3,(H2,27,30)(H,28,29,31). The molecular formula is C24H18N6OS2. The Morgan fingerprint density at radius 3 is 2.67 bits per heavy atom. The van der Waals surface area contributed by atoms with E-state index in [1.165, 1.54) is 23.1 Å². The molecule has 0 aliphatic rings. The molecule has 0 unspecified atom stereocenters. The average molecular weight is 471 g/mol. The van der Waals surface area contributed by atoms with E-state index in [1.54, 1.807) is 0 Å². The van der Waals surface area contributed by atoms with Crippen molar-refractivity contribution in [1.82, 2.24) is 9.97 Å². The number of aryl methyl sites for hydroxylation is 1. The Hall–Kier alpha value is -3.92. The molecule has 1 amide bonds. The normalized spacial score (nSPS) is 10.5. The van der Waals surface area contributed by atoms with Gasteiger partial charge in [0.05, 0.1) is 16.8 Å². The van der Waals surface area contributed by atoms with Crippen LogP contribution in [0.5, 0.6) is 0 Å². The third kappa shape index (κ3) is 4.65. The molecule has 4 aromatic rings. The number of rotatable bonds is 6. The van der Waals surface area contributed by atoms with Crippen molar-refractivity contribution in [2.75, 3.05) is 16.8 Å². The third-order valence-corrected chi connectivity index (χ3v) is 6.73. The van der Waals surface area contributed by atoms with E-state index in [0.29, 0.717) is 27.6 Å². The third-order valence-electron chi connectivity index (χ3n) is 4.87. The van der Waals surface area contributed by atoms with Crippen molar-refractivity contribution in [2.45, 2.75) is 18.4 Å². The Morgan fingerprint density at radius 2 is 1.94 bits per heavy atom. The molecule has 3 N–H and O–H groups in total. The maximum Gasteiger partial charge on any atom is 0.225 e. The molecule has 0 fully saturated rings.